The standard InChI is InChI=1S/C10H14Cl2N2/c1-10(2,3)14-13-9-6-7(11)4-5-8(9)12/h4-6,13-14H,1-3H3. The van der Waals surface area contributed by atoms with E-state index in [4.69, 9.17) is 23.2 Å². The van der Waals surface area contributed by atoms with Gasteiger partial charge in [0.25, 0.3) is 0 Å². The monoisotopic (exact) mass is 232 g/mol. The third-order valence-electron chi connectivity index (χ3n) is 1.50. The maximum Gasteiger partial charge on any atom is 0.0689 e. The van der Waals surface area contributed by atoms with E-state index in [2.05, 4.69) is 31.6 Å². The maximum absolute atomic E-state index is 5.96. The summed E-state index contributed by atoms with van der Waals surface area (Å²) in [6.45, 7) is 6.16. The van der Waals surface area contributed by atoms with Gasteiger partial charge in [0.2, 0.25) is 0 Å². The van der Waals surface area contributed by atoms with Crippen LogP contribution in [0.3, 0.4) is 0 Å². The van der Waals surface area contributed by atoms with Crippen LogP contribution in [0.5, 0.6) is 0 Å². The van der Waals surface area contributed by atoms with Crippen molar-refractivity contribution in [3.63, 3.8) is 0 Å². The molecule has 14 heavy (non-hydrogen) atoms. The van der Waals surface area contributed by atoms with Gasteiger partial charge in [0.15, 0.2) is 0 Å². The summed E-state index contributed by atoms with van der Waals surface area (Å²) in [5, 5.41) is 1.30. The van der Waals surface area contributed by atoms with Crippen LogP contribution in [-0.2, 0) is 0 Å². The first kappa shape index (κ1) is 11.6. The highest BCUT2D eigenvalue weighted by molar-refractivity contribution is 6.35. The first-order chi connectivity index (χ1) is 6.38. The van der Waals surface area contributed by atoms with Crippen molar-refractivity contribution >= 4 is 28.9 Å². The lowest BCUT2D eigenvalue weighted by molar-refractivity contribution is 0.466. The van der Waals surface area contributed by atoms with Crippen molar-refractivity contribution in [2.75, 3.05) is 5.43 Å². The molecule has 0 aromatic heterocycles. The second kappa shape index (κ2) is 4.39. The van der Waals surface area contributed by atoms with Gasteiger partial charge in [0, 0.05) is 10.6 Å². The van der Waals surface area contributed by atoms with Gasteiger partial charge in [0.05, 0.1) is 10.7 Å². The topological polar surface area (TPSA) is 24.1 Å². The molecule has 0 spiro atoms. The predicted octanol–water partition coefficient (Wildman–Crippen LogP) is 3.71. The Balaban J connectivity index is 2.72. The molecular formula is C10H14Cl2N2. The lowest BCUT2D eigenvalue weighted by atomic mass is 10.1. The summed E-state index contributed by atoms with van der Waals surface area (Å²) in [4.78, 5) is 0. The zero-order valence-corrected chi connectivity index (χ0v) is 10.00. The van der Waals surface area contributed by atoms with Crippen LogP contribution in [0.1, 0.15) is 20.8 Å². The quantitative estimate of drug-likeness (QED) is 0.761. The number of hydrogen-bond donors (Lipinski definition) is 2. The Hall–Kier alpha value is -0.440. The molecule has 4 heteroatoms. The third kappa shape index (κ3) is 3.74. The number of benzene rings is 1. The number of hydrazine groups is 1. The first-order valence-corrected chi connectivity index (χ1v) is 5.12. The van der Waals surface area contributed by atoms with Crippen LogP contribution in [0.15, 0.2) is 18.2 Å². The summed E-state index contributed by atoms with van der Waals surface area (Å²) < 4.78 is 0. The van der Waals surface area contributed by atoms with E-state index in [1.165, 1.54) is 0 Å². The van der Waals surface area contributed by atoms with Gasteiger partial charge >= 0.3 is 0 Å². The fourth-order valence-electron chi connectivity index (χ4n) is 0.848. The number of hydrogen-bond acceptors (Lipinski definition) is 2. The minimum atomic E-state index is -0.0222. The largest absolute Gasteiger partial charge is 0.319 e. The van der Waals surface area contributed by atoms with Crippen LogP contribution >= 0.6 is 23.2 Å². The average molecular weight is 233 g/mol. The van der Waals surface area contributed by atoms with Gasteiger partial charge in [-0.25, -0.2) is 5.43 Å². The van der Waals surface area contributed by atoms with Crippen LogP contribution in [0.25, 0.3) is 0 Å². The maximum atomic E-state index is 5.96. The van der Waals surface area contributed by atoms with Crippen LogP contribution < -0.4 is 10.9 Å². The lowest BCUT2D eigenvalue weighted by Gasteiger charge is -2.22. The summed E-state index contributed by atoms with van der Waals surface area (Å²) in [7, 11) is 0. The van der Waals surface area contributed by atoms with Crippen LogP contribution in [0.4, 0.5) is 5.69 Å². The van der Waals surface area contributed by atoms with Gasteiger partial charge in [0.1, 0.15) is 0 Å². The third-order valence-corrected chi connectivity index (χ3v) is 2.07. The van der Waals surface area contributed by atoms with Crippen LogP contribution in [-0.4, -0.2) is 5.54 Å². The van der Waals surface area contributed by atoms with E-state index in [0.29, 0.717) is 10.0 Å². The van der Waals surface area contributed by atoms with Gasteiger partial charge in [-0.1, -0.05) is 23.2 Å². The lowest BCUT2D eigenvalue weighted by Crippen LogP contribution is -2.40. The molecule has 0 radical (unpaired) electrons. The number of halogens is 2. The van der Waals surface area contributed by atoms with Gasteiger partial charge in [-0.2, -0.15) is 0 Å². The number of nitrogens with one attached hydrogen (secondary N) is 2. The second-order valence-electron chi connectivity index (χ2n) is 4.12. The molecule has 0 fully saturated rings. The summed E-state index contributed by atoms with van der Waals surface area (Å²) in [5.74, 6) is 0. The smallest absolute Gasteiger partial charge is 0.0689 e. The van der Waals surface area contributed by atoms with E-state index >= 15 is 0 Å². The summed E-state index contributed by atoms with van der Waals surface area (Å²) in [6.07, 6.45) is 0. The Bertz CT molecular complexity index is 318. The molecule has 0 amide bonds. The first-order valence-electron chi connectivity index (χ1n) is 4.37. The Kier molecular flexibility index (Phi) is 3.65. The predicted molar refractivity (Wildman–Crippen MR) is 63.0 cm³/mol. The van der Waals surface area contributed by atoms with Crippen molar-refractivity contribution in [1.82, 2.24) is 5.43 Å². The number of rotatable bonds is 2. The normalized spacial score (nSPS) is 11.5. The molecular weight excluding hydrogens is 219 g/mol. The zero-order valence-electron chi connectivity index (χ0n) is 8.49. The molecule has 0 aliphatic carbocycles. The van der Waals surface area contributed by atoms with Crippen LogP contribution in [0.2, 0.25) is 10.0 Å². The van der Waals surface area contributed by atoms with Crippen molar-refractivity contribution in [2.45, 2.75) is 26.3 Å². The Labute approximate surface area is 94.6 Å². The minimum Gasteiger partial charge on any atom is -0.319 e. The molecule has 0 saturated carbocycles. The Morgan fingerprint density at radius 2 is 1.79 bits per heavy atom. The van der Waals surface area contributed by atoms with E-state index in [-0.39, 0.29) is 5.54 Å². The molecule has 2 nitrogen and oxygen atoms in total. The molecule has 0 atom stereocenters. The average Bonchev–Trinajstić information content (AvgIpc) is 2.05. The minimum absolute atomic E-state index is 0.0222. The molecule has 0 unspecified atom stereocenters. The molecule has 0 bridgehead atoms. The van der Waals surface area contributed by atoms with Gasteiger partial charge in [-0.05, 0) is 39.0 Å². The molecule has 0 heterocycles. The molecule has 2 N–H and O–H groups in total. The van der Waals surface area contributed by atoms with Crippen molar-refractivity contribution in [3.8, 4) is 0 Å². The zero-order chi connectivity index (χ0) is 10.8. The van der Waals surface area contributed by atoms with Crippen molar-refractivity contribution in [3.05, 3.63) is 28.2 Å². The fraction of sp³-hybridized carbons (Fsp3) is 0.400. The van der Waals surface area contributed by atoms with Crippen molar-refractivity contribution in [1.29, 1.82) is 0 Å². The van der Waals surface area contributed by atoms with Gasteiger partial charge in [-0.3, -0.25) is 0 Å². The Morgan fingerprint density at radius 1 is 1.14 bits per heavy atom. The SMILES string of the molecule is CC(C)(C)NNc1cc(Cl)ccc1Cl. The van der Waals surface area contributed by atoms with E-state index in [1.54, 1.807) is 18.2 Å². The van der Waals surface area contributed by atoms with E-state index < -0.39 is 0 Å². The van der Waals surface area contributed by atoms with E-state index in [0.717, 1.165) is 5.69 Å². The highest BCUT2D eigenvalue weighted by Crippen LogP contribution is 2.24. The molecule has 0 aliphatic rings. The molecule has 1 aromatic rings. The molecule has 1 rings (SSSR count). The fourth-order valence-corrected chi connectivity index (χ4v) is 1.19. The summed E-state index contributed by atoms with van der Waals surface area (Å²) in [6, 6.07) is 5.30. The highest BCUT2D eigenvalue weighted by Gasteiger charge is 2.09. The molecule has 0 saturated heterocycles. The van der Waals surface area contributed by atoms with Crippen LogP contribution in [0, 0.1) is 0 Å². The molecule has 0 aliphatic heterocycles. The highest BCUT2D eigenvalue weighted by atomic mass is 35.5. The van der Waals surface area contributed by atoms with E-state index in [9.17, 15) is 0 Å². The number of anilines is 1. The van der Waals surface area contributed by atoms with E-state index in [1.807, 2.05) is 0 Å². The molecule has 1 aromatic carbocycles. The van der Waals surface area contributed by atoms with Crippen molar-refractivity contribution < 1.29 is 0 Å². The Morgan fingerprint density at radius 3 is 2.36 bits per heavy atom. The van der Waals surface area contributed by atoms with Gasteiger partial charge in [-0.15, -0.1) is 0 Å². The second-order valence-corrected chi connectivity index (χ2v) is 4.97. The molecule has 78 valence electrons. The van der Waals surface area contributed by atoms with Gasteiger partial charge < -0.3 is 5.43 Å². The summed E-state index contributed by atoms with van der Waals surface area (Å²) >= 11 is 11.8. The van der Waals surface area contributed by atoms with Crippen molar-refractivity contribution in [2.24, 2.45) is 0 Å². The summed E-state index contributed by atoms with van der Waals surface area (Å²) in [5.41, 5.74) is 6.90.